The van der Waals surface area contributed by atoms with Crippen molar-refractivity contribution in [3.63, 3.8) is 0 Å². The largest absolute Gasteiger partial charge is 0.346 e. The summed E-state index contributed by atoms with van der Waals surface area (Å²) in [6.07, 6.45) is 1.45. The molecular formula is C23H27N5O2S. The Morgan fingerprint density at radius 2 is 1.77 bits per heavy atom. The summed E-state index contributed by atoms with van der Waals surface area (Å²) in [4.78, 5) is 32.8. The van der Waals surface area contributed by atoms with Crippen LogP contribution in [0.4, 0.5) is 0 Å². The van der Waals surface area contributed by atoms with Gasteiger partial charge in [-0.15, -0.1) is 16.4 Å². The molecule has 1 aliphatic heterocycles. The van der Waals surface area contributed by atoms with Crippen LogP contribution in [0.15, 0.2) is 47.8 Å². The molecule has 8 heteroatoms. The number of carbonyl (C=O) groups is 2. The normalized spacial score (nSPS) is 15.1. The highest BCUT2D eigenvalue weighted by Gasteiger charge is 2.31. The Labute approximate surface area is 186 Å². The molecule has 162 valence electrons. The zero-order chi connectivity index (χ0) is 22.0. The molecule has 31 heavy (non-hydrogen) atoms. The summed E-state index contributed by atoms with van der Waals surface area (Å²) >= 11 is 1.56. The molecule has 3 heterocycles. The molecule has 1 aliphatic rings. The Hall–Kier alpha value is -3.00. The van der Waals surface area contributed by atoms with Crippen LogP contribution in [0.1, 0.15) is 44.2 Å². The van der Waals surface area contributed by atoms with Crippen molar-refractivity contribution in [2.75, 3.05) is 13.1 Å². The number of aromatic nitrogens is 3. The lowest BCUT2D eigenvalue weighted by Crippen LogP contribution is -2.49. The van der Waals surface area contributed by atoms with Crippen molar-refractivity contribution in [2.45, 2.75) is 39.7 Å². The van der Waals surface area contributed by atoms with Gasteiger partial charge in [-0.25, -0.2) is 9.67 Å². The molecule has 0 radical (unpaired) electrons. The minimum atomic E-state index is -0.386. The molecule has 1 N–H and O–H groups in total. The summed E-state index contributed by atoms with van der Waals surface area (Å²) in [5.74, 6) is 0.673. The van der Waals surface area contributed by atoms with Crippen molar-refractivity contribution in [2.24, 2.45) is 5.41 Å². The van der Waals surface area contributed by atoms with E-state index < -0.39 is 0 Å². The highest BCUT2D eigenvalue weighted by Crippen LogP contribution is 2.26. The first kappa shape index (κ1) is 21.2. The number of nitrogens with zero attached hydrogens (tertiary/aromatic N) is 4. The first-order valence-electron chi connectivity index (χ1n) is 10.5. The van der Waals surface area contributed by atoms with E-state index in [0.717, 1.165) is 23.4 Å². The lowest BCUT2D eigenvalue weighted by molar-refractivity contribution is -0.140. The van der Waals surface area contributed by atoms with Gasteiger partial charge in [0, 0.05) is 24.5 Å². The zero-order valence-electron chi connectivity index (χ0n) is 18.0. The fraction of sp³-hybridized carbons (Fsp3) is 0.391. The van der Waals surface area contributed by atoms with Crippen LogP contribution in [0, 0.1) is 5.41 Å². The lowest BCUT2D eigenvalue weighted by Gasteiger charge is -2.35. The smallest absolute Gasteiger partial charge is 0.291 e. The summed E-state index contributed by atoms with van der Waals surface area (Å²) in [5, 5.41) is 9.55. The van der Waals surface area contributed by atoms with Crippen LogP contribution >= 0.6 is 11.3 Å². The Morgan fingerprint density at radius 1 is 1.06 bits per heavy atom. The van der Waals surface area contributed by atoms with Gasteiger partial charge in [0.15, 0.2) is 5.82 Å². The maximum atomic E-state index is 12.9. The van der Waals surface area contributed by atoms with Gasteiger partial charge < -0.3 is 10.2 Å². The van der Waals surface area contributed by atoms with Gasteiger partial charge in [-0.05, 0) is 36.4 Å². The Balaban J connectivity index is 1.48. The van der Waals surface area contributed by atoms with Gasteiger partial charge in [-0.2, -0.15) is 0 Å². The van der Waals surface area contributed by atoms with E-state index in [4.69, 9.17) is 0 Å². The Morgan fingerprint density at radius 3 is 2.39 bits per heavy atom. The molecule has 1 saturated heterocycles. The number of rotatable bonds is 4. The third-order valence-corrected chi connectivity index (χ3v) is 6.18. The van der Waals surface area contributed by atoms with Crippen LogP contribution in [0.2, 0.25) is 0 Å². The van der Waals surface area contributed by atoms with E-state index in [2.05, 4.69) is 15.4 Å². The lowest BCUT2D eigenvalue weighted by atomic mass is 9.93. The molecule has 3 aromatic rings. The first-order chi connectivity index (χ1) is 14.8. The Kier molecular flexibility index (Phi) is 5.91. The third-order valence-electron chi connectivity index (χ3n) is 5.31. The second-order valence-electron chi connectivity index (χ2n) is 8.77. The summed E-state index contributed by atoms with van der Waals surface area (Å²) in [5.41, 5.74) is 0.467. The van der Waals surface area contributed by atoms with E-state index in [1.807, 2.05) is 73.5 Å². The van der Waals surface area contributed by atoms with Crippen LogP contribution < -0.4 is 5.32 Å². The van der Waals surface area contributed by atoms with Gasteiger partial charge in [-0.3, -0.25) is 9.59 Å². The number of hydrogen-bond acceptors (Lipinski definition) is 5. The van der Waals surface area contributed by atoms with Crippen molar-refractivity contribution >= 4 is 23.2 Å². The van der Waals surface area contributed by atoms with Crippen molar-refractivity contribution in [3.05, 3.63) is 53.7 Å². The predicted octanol–water partition coefficient (Wildman–Crippen LogP) is 3.76. The molecular weight excluding hydrogens is 410 g/mol. The number of hydrogen-bond donors (Lipinski definition) is 1. The summed E-state index contributed by atoms with van der Waals surface area (Å²) in [6.45, 7) is 7.09. The van der Waals surface area contributed by atoms with E-state index in [1.165, 1.54) is 0 Å². The molecule has 1 aromatic carbocycles. The minimum absolute atomic E-state index is 0.00498. The quantitative estimate of drug-likeness (QED) is 0.674. The number of nitrogens with one attached hydrogen (secondary N) is 1. The SMILES string of the molecule is CC(C)(C)C(=O)N1CCC(NC(=O)c2nc(-c3cccs3)n(-c3ccccc3)n2)CC1. The molecule has 1 fully saturated rings. The summed E-state index contributed by atoms with van der Waals surface area (Å²) in [7, 11) is 0. The molecule has 0 spiro atoms. The van der Waals surface area contributed by atoms with Gasteiger partial charge in [0.1, 0.15) is 0 Å². The van der Waals surface area contributed by atoms with Gasteiger partial charge in [0.25, 0.3) is 5.91 Å². The van der Waals surface area contributed by atoms with Crippen molar-refractivity contribution in [1.82, 2.24) is 25.0 Å². The second-order valence-corrected chi connectivity index (χ2v) is 9.72. The van der Waals surface area contributed by atoms with Crippen LogP contribution in [0.3, 0.4) is 0 Å². The summed E-state index contributed by atoms with van der Waals surface area (Å²) < 4.78 is 1.71. The number of para-hydroxylation sites is 1. The van der Waals surface area contributed by atoms with E-state index in [-0.39, 0.29) is 29.1 Å². The first-order valence-corrected chi connectivity index (χ1v) is 11.4. The van der Waals surface area contributed by atoms with E-state index in [1.54, 1.807) is 16.0 Å². The molecule has 0 saturated carbocycles. The van der Waals surface area contributed by atoms with Gasteiger partial charge >= 0.3 is 0 Å². The molecule has 2 amide bonds. The highest BCUT2D eigenvalue weighted by atomic mass is 32.1. The number of carbonyl (C=O) groups excluding carboxylic acids is 2. The van der Waals surface area contributed by atoms with Crippen LogP contribution in [0.25, 0.3) is 16.4 Å². The molecule has 0 aliphatic carbocycles. The Bertz CT molecular complexity index is 1050. The molecule has 0 unspecified atom stereocenters. The fourth-order valence-corrected chi connectivity index (χ4v) is 4.37. The fourth-order valence-electron chi connectivity index (χ4n) is 3.67. The van der Waals surface area contributed by atoms with Crippen LogP contribution in [0.5, 0.6) is 0 Å². The van der Waals surface area contributed by atoms with Crippen molar-refractivity contribution in [3.8, 4) is 16.4 Å². The average molecular weight is 438 g/mol. The number of benzene rings is 1. The van der Waals surface area contributed by atoms with Crippen LogP contribution in [-0.4, -0.2) is 50.6 Å². The monoisotopic (exact) mass is 437 g/mol. The standard InChI is InChI=1S/C23H27N5O2S/c1-23(2,3)22(30)27-13-11-16(12-14-27)24-21(29)19-25-20(18-10-7-15-31-18)28(26-19)17-8-5-4-6-9-17/h4-10,15-16H,11-14H2,1-3H3,(H,24,29). The number of thiophene rings is 1. The third kappa shape index (κ3) is 4.69. The van der Waals surface area contributed by atoms with E-state index in [9.17, 15) is 9.59 Å². The molecule has 2 aromatic heterocycles. The predicted molar refractivity (Wildman–Crippen MR) is 121 cm³/mol. The van der Waals surface area contributed by atoms with E-state index >= 15 is 0 Å². The second kappa shape index (κ2) is 8.63. The topological polar surface area (TPSA) is 80.1 Å². The minimum Gasteiger partial charge on any atom is -0.346 e. The molecule has 0 bridgehead atoms. The molecule has 4 rings (SSSR count). The van der Waals surface area contributed by atoms with Gasteiger partial charge in [-0.1, -0.05) is 45.0 Å². The average Bonchev–Trinajstić information content (AvgIpc) is 3.43. The number of likely N-dealkylation sites (tertiary alicyclic amines) is 1. The van der Waals surface area contributed by atoms with Crippen molar-refractivity contribution in [1.29, 1.82) is 0 Å². The number of amides is 2. The zero-order valence-corrected chi connectivity index (χ0v) is 18.9. The molecule has 0 atom stereocenters. The van der Waals surface area contributed by atoms with Gasteiger partial charge in [0.2, 0.25) is 11.7 Å². The van der Waals surface area contributed by atoms with E-state index in [0.29, 0.717) is 18.9 Å². The maximum absolute atomic E-state index is 12.9. The van der Waals surface area contributed by atoms with Gasteiger partial charge in [0.05, 0.1) is 10.6 Å². The van der Waals surface area contributed by atoms with Crippen LogP contribution in [-0.2, 0) is 4.79 Å². The van der Waals surface area contributed by atoms with Crippen molar-refractivity contribution < 1.29 is 9.59 Å². The maximum Gasteiger partial charge on any atom is 0.291 e. The summed E-state index contributed by atoms with van der Waals surface area (Å²) in [6, 6.07) is 13.6. The molecule has 7 nitrogen and oxygen atoms in total. The highest BCUT2D eigenvalue weighted by molar-refractivity contribution is 7.13. The number of piperidine rings is 1.